The summed E-state index contributed by atoms with van der Waals surface area (Å²) < 4.78 is 2.69. The van der Waals surface area contributed by atoms with Gasteiger partial charge in [-0.25, -0.2) is 0 Å². The number of pyridine rings is 1. The summed E-state index contributed by atoms with van der Waals surface area (Å²) in [4.78, 5) is 10.2. The fraction of sp³-hybridized carbons (Fsp3) is 0.243. The third kappa shape index (κ3) is 6.49. The van der Waals surface area contributed by atoms with E-state index in [1.807, 2.05) is 17.5 Å². The van der Waals surface area contributed by atoms with E-state index >= 15 is 0 Å². The highest BCUT2D eigenvalue weighted by Gasteiger charge is 2.52. The number of benzene rings is 8. The highest BCUT2D eigenvalue weighted by atomic mass is 32.1. The Morgan fingerprint density at radius 2 is 1.01 bits per heavy atom. The number of thiophene rings is 1. The second kappa shape index (κ2) is 15.5. The van der Waals surface area contributed by atoms with Crippen molar-refractivity contribution in [3.05, 3.63) is 215 Å². The van der Waals surface area contributed by atoms with E-state index in [9.17, 15) is 0 Å². The van der Waals surface area contributed by atoms with Crippen LogP contribution in [-0.4, -0.2) is 11.7 Å². The molecule has 1 spiro atoms. The standard InChI is InChI=1S/C70H64BN3S/c1-66(2,3)42-23-28-46(29-24-42)73-58-35-44(68(7,8)9)27-32-57(58)71-63-59(73)36-45(69(10,11)12)37-60(63)74(47-30-25-43(26-31-47)67(4,5)6)64-51-38-50-52-40-72-34-33-54(52)70(56(50)39-61(51)75-65(64)71)53-21-14-13-19-48(53)49-20-15-17-41-18-16-22-55(70)62(41)49/h13-40H,1-12H3. The third-order valence-electron chi connectivity index (χ3n) is 17.4. The van der Waals surface area contributed by atoms with Crippen LogP contribution in [0.5, 0.6) is 0 Å². The maximum absolute atomic E-state index is 4.92. The van der Waals surface area contributed by atoms with Gasteiger partial charge in [-0.05, 0) is 165 Å². The maximum atomic E-state index is 4.92. The van der Waals surface area contributed by atoms with Gasteiger partial charge in [-0.2, -0.15) is 0 Å². The van der Waals surface area contributed by atoms with Crippen molar-refractivity contribution in [2.75, 3.05) is 9.80 Å². The predicted molar refractivity (Wildman–Crippen MR) is 322 cm³/mol. The number of hydrogen-bond acceptors (Lipinski definition) is 4. The Hall–Kier alpha value is -7.21. The van der Waals surface area contributed by atoms with E-state index in [1.54, 1.807) is 0 Å². The molecule has 3 nitrogen and oxygen atoms in total. The van der Waals surface area contributed by atoms with Crippen LogP contribution in [0.4, 0.5) is 34.1 Å². The highest BCUT2D eigenvalue weighted by molar-refractivity contribution is 7.33. The first-order chi connectivity index (χ1) is 35.7. The van der Waals surface area contributed by atoms with Crippen LogP contribution in [0.15, 0.2) is 170 Å². The smallest absolute Gasteiger partial charge is 0.264 e. The van der Waals surface area contributed by atoms with Gasteiger partial charge in [-0.1, -0.05) is 180 Å². The van der Waals surface area contributed by atoms with Gasteiger partial charge in [0.05, 0.1) is 11.1 Å². The van der Waals surface area contributed by atoms with Gasteiger partial charge in [0, 0.05) is 61.3 Å². The summed E-state index contributed by atoms with van der Waals surface area (Å²) in [5, 5.41) is 3.90. The molecule has 4 aliphatic rings. The van der Waals surface area contributed by atoms with E-state index in [0.717, 1.165) is 0 Å². The fourth-order valence-electron chi connectivity index (χ4n) is 13.5. The SMILES string of the molecule is CC(C)(C)c1ccc(N2c3cc(C(C)(C)C)ccc3B3c4sc5cc6c(cc5c4N(c4ccc(C(C)(C)C)cc4)c4cc(C(C)(C)C)cc2c43)-c2cnccc2C62c3ccccc3-c3cccc4cccc2c34)cc1. The number of aromatic nitrogens is 1. The average Bonchev–Trinajstić information content (AvgIpc) is 4.12. The van der Waals surface area contributed by atoms with Gasteiger partial charge in [0.2, 0.25) is 0 Å². The quantitative estimate of drug-likeness (QED) is 0.161. The van der Waals surface area contributed by atoms with Crippen molar-refractivity contribution in [2.24, 2.45) is 0 Å². The summed E-state index contributed by atoms with van der Waals surface area (Å²) >= 11 is 2.00. The second-order valence-electron chi connectivity index (χ2n) is 26.0. The number of anilines is 6. The molecular formula is C70H64BN3S. The molecule has 2 aliphatic carbocycles. The van der Waals surface area contributed by atoms with Crippen LogP contribution >= 0.6 is 11.3 Å². The molecule has 4 heterocycles. The van der Waals surface area contributed by atoms with Gasteiger partial charge in [-0.15, -0.1) is 11.3 Å². The van der Waals surface area contributed by atoms with Crippen LogP contribution in [0.1, 0.15) is 128 Å². The minimum Gasteiger partial charge on any atom is -0.311 e. The van der Waals surface area contributed by atoms with Crippen molar-refractivity contribution in [2.45, 2.75) is 110 Å². The Morgan fingerprint density at radius 3 is 1.68 bits per heavy atom. The van der Waals surface area contributed by atoms with Crippen LogP contribution in [-0.2, 0) is 27.1 Å². The van der Waals surface area contributed by atoms with Crippen molar-refractivity contribution in [3.63, 3.8) is 0 Å². The van der Waals surface area contributed by atoms with E-state index < -0.39 is 5.41 Å². The van der Waals surface area contributed by atoms with E-state index in [0.29, 0.717) is 0 Å². The lowest BCUT2D eigenvalue weighted by Crippen LogP contribution is -2.60. The fourth-order valence-corrected chi connectivity index (χ4v) is 14.8. The number of nitrogens with zero attached hydrogens (tertiary/aromatic N) is 3. The number of rotatable bonds is 2. The monoisotopic (exact) mass is 989 g/mol. The van der Waals surface area contributed by atoms with Gasteiger partial charge < -0.3 is 9.80 Å². The third-order valence-corrected chi connectivity index (χ3v) is 18.6. The topological polar surface area (TPSA) is 19.4 Å². The summed E-state index contributed by atoms with van der Waals surface area (Å²) in [6.45, 7) is 28.0. The molecule has 5 heteroatoms. The minimum atomic E-state index is -0.541. The van der Waals surface area contributed by atoms with E-state index in [1.165, 1.54) is 137 Å². The first-order valence-electron chi connectivity index (χ1n) is 27.0. The molecule has 2 aromatic heterocycles. The Labute approximate surface area is 448 Å². The molecule has 0 saturated carbocycles. The molecule has 1 atom stereocenters. The summed E-state index contributed by atoms with van der Waals surface area (Å²) in [6, 6.07) is 62.0. The molecule has 0 N–H and O–H groups in total. The normalized spacial score (nSPS) is 16.2. The average molecular weight is 990 g/mol. The Kier molecular flexibility index (Phi) is 9.55. The molecule has 1 unspecified atom stereocenters. The van der Waals surface area contributed by atoms with E-state index in [2.05, 4.69) is 257 Å². The van der Waals surface area contributed by atoms with Crippen LogP contribution in [0.3, 0.4) is 0 Å². The van der Waals surface area contributed by atoms with Gasteiger partial charge in [0.25, 0.3) is 6.71 Å². The van der Waals surface area contributed by atoms with Crippen LogP contribution in [0.2, 0.25) is 0 Å². The first kappa shape index (κ1) is 46.3. The molecule has 0 amide bonds. The molecule has 0 bridgehead atoms. The molecular weight excluding hydrogens is 926 g/mol. The number of fused-ring (bicyclic) bond motifs is 15. The van der Waals surface area contributed by atoms with Gasteiger partial charge in [-0.3, -0.25) is 4.98 Å². The summed E-state index contributed by atoms with van der Waals surface area (Å²) in [5.41, 5.74) is 25.2. The molecule has 8 aromatic carbocycles. The molecule has 14 rings (SSSR count). The van der Waals surface area contributed by atoms with Crippen molar-refractivity contribution < 1.29 is 0 Å². The summed E-state index contributed by atoms with van der Waals surface area (Å²) in [7, 11) is 0. The largest absolute Gasteiger partial charge is 0.311 e. The minimum absolute atomic E-state index is 0.00980. The summed E-state index contributed by atoms with van der Waals surface area (Å²) in [5.74, 6) is 0. The van der Waals surface area contributed by atoms with E-state index in [4.69, 9.17) is 4.98 Å². The molecule has 2 aliphatic heterocycles. The Bertz CT molecular complexity index is 4050. The lowest BCUT2D eigenvalue weighted by molar-refractivity contribution is 0.589. The molecule has 75 heavy (non-hydrogen) atoms. The molecule has 0 saturated heterocycles. The van der Waals surface area contributed by atoms with Crippen LogP contribution < -0.4 is 25.5 Å². The van der Waals surface area contributed by atoms with E-state index in [-0.39, 0.29) is 28.4 Å². The van der Waals surface area contributed by atoms with Crippen molar-refractivity contribution in [3.8, 4) is 22.3 Å². The van der Waals surface area contributed by atoms with Crippen LogP contribution in [0.25, 0.3) is 43.1 Å². The van der Waals surface area contributed by atoms with Crippen molar-refractivity contribution >= 4 is 88.7 Å². The maximum Gasteiger partial charge on any atom is 0.264 e. The van der Waals surface area contributed by atoms with Gasteiger partial charge >= 0.3 is 0 Å². The second-order valence-corrected chi connectivity index (χ2v) is 27.1. The Morgan fingerprint density at radius 1 is 0.453 bits per heavy atom. The molecule has 10 aromatic rings. The van der Waals surface area contributed by atoms with Gasteiger partial charge in [0.1, 0.15) is 0 Å². The molecule has 0 fully saturated rings. The predicted octanol–water partition coefficient (Wildman–Crippen LogP) is 17.1. The lowest BCUT2D eigenvalue weighted by Gasteiger charge is -2.44. The van der Waals surface area contributed by atoms with Crippen molar-refractivity contribution in [1.29, 1.82) is 0 Å². The molecule has 368 valence electrons. The Balaban J connectivity index is 1.11. The highest BCUT2D eigenvalue weighted by Crippen LogP contribution is 2.63. The molecule has 0 radical (unpaired) electrons. The number of hydrogen-bond donors (Lipinski definition) is 0. The first-order valence-corrected chi connectivity index (χ1v) is 27.9. The van der Waals surface area contributed by atoms with Crippen LogP contribution in [0, 0.1) is 0 Å². The zero-order chi connectivity index (χ0) is 51.9. The van der Waals surface area contributed by atoms with Crippen molar-refractivity contribution in [1.82, 2.24) is 4.98 Å². The zero-order valence-corrected chi connectivity index (χ0v) is 46.3. The van der Waals surface area contributed by atoms with Gasteiger partial charge in [0.15, 0.2) is 0 Å². The summed E-state index contributed by atoms with van der Waals surface area (Å²) in [6.07, 6.45) is 4.15. The lowest BCUT2D eigenvalue weighted by atomic mass is 9.36. The zero-order valence-electron chi connectivity index (χ0n) is 45.5.